The van der Waals surface area contributed by atoms with Gasteiger partial charge in [0.05, 0.1) is 4.88 Å². The predicted molar refractivity (Wildman–Crippen MR) is 116 cm³/mol. The van der Waals surface area contributed by atoms with Crippen molar-refractivity contribution in [3.05, 3.63) is 40.5 Å². The Kier molecular flexibility index (Phi) is 6.92. The first-order chi connectivity index (χ1) is 16.5. The lowest BCUT2D eigenvalue weighted by Crippen LogP contribution is -2.04. The van der Waals surface area contributed by atoms with Crippen LogP contribution in [0.1, 0.15) is 48.9 Å². The summed E-state index contributed by atoms with van der Waals surface area (Å²) in [6.07, 6.45) is -4.17. The Balaban J connectivity index is 1.73. The van der Waals surface area contributed by atoms with Gasteiger partial charge in [-0.15, -0.1) is 11.3 Å². The molecular weight excluding hydrogens is 496 g/mol. The molecule has 0 saturated heterocycles. The number of hydrogen-bond acceptors (Lipinski definition) is 6. The minimum atomic E-state index is -4.67. The van der Waals surface area contributed by atoms with Gasteiger partial charge < -0.3 is 0 Å². The quantitative estimate of drug-likeness (QED) is 0.205. The summed E-state index contributed by atoms with van der Waals surface area (Å²) in [7, 11) is 0. The second-order valence-corrected chi connectivity index (χ2v) is 8.88. The molecule has 0 aromatic carbocycles. The van der Waals surface area contributed by atoms with Gasteiger partial charge in [0.2, 0.25) is 0 Å². The van der Waals surface area contributed by atoms with Crippen LogP contribution in [0.2, 0.25) is 0 Å². The summed E-state index contributed by atoms with van der Waals surface area (Å²) in [5.41, 5.74) is -2.68. The zero-order valence-electron chi connectivity index (χ0n) is 18.3. The SMILES string of the molecule is CCCCCCc1ccc(-c2nc(-c3cc(C(F)(F)F)[nH]n3)nc(-c3cc(C(F)(F)F)[nH]n3)n2)s1. The number of rotatable bonds is 8. The second kappa shape index (κ2) is 9.76. The van der Waals surface area contributed by atoms with Crippen LogP contribution in [0.4, 0.5) is 26.3 Å². The lowest BCUT2D eigenvalue weighted by atomic mass is 10.1. The van der Waals surface area contributed by atoms with E-state index in [1.54, 1.807) is 6.07 Å². The Morgan fingerprint density at radius 3 is 1.77 bits per heavy atom. The maximum absolute atomic E-state index is 13.0. The molecule has 35 heavy (non-hydrogen) atoms. The molecule has 0 saturated carbocycles. The number of H-pyrrole nitrogens is 2. The zero-order chi connectivity index (χ0) is 25.2. The third kappa shape index (κ3) is 5.86. The summed E-state index contributed by atoms with van der Waals surface area (Å²) >= 11 is 1.40. The monoisotopic (exact) mass is 515 g/mol. The molecule has 7 nitrogen and oxygen atoms in total. The van der Waals surface area contributed by atoms with Crippen LogP contribution in [0.15, 0.2) is 24.3 Å². The molecule has 4 aromatic heterocycles. The number of aryl methyl sites for hydroxylation is 1. The van der Waals surface area contributed by atoms with Gasteiger partial charge in [-0.2, -0.15) is 36.5 Å². The van der Waals surface area contributed by atoms with E-state index in [0.29, 0.717) is 4.88 Å². The summed E-state index contributed by atoms with van der Waals surface area (Å²) in [6, 6.07) is 5.12. The standard InChI is InChI=1S/C21H19F6N7S/c1-2-3-4-5-6-11-7-8-14(35-11)19-29-17(12-9-15(33-31-12)20(22,23)24)28-18(30-19)13-10-16(34-32-13)21(25,26)27/h7-10H,2-6H2,1H3,(H,31,33)(H,32,34). The fraction of sp³-hybridized carbons (Fsp3) is 0.381. The molecule has 0 fully saturated rings. The number of aromatic amines is 2. The van der Waals surface area contributed by atoms with Crippen LogP contribution >= 0.6 is 11.3 Å². The molecule has 0 spiro atoms. The summed E-state index contributed by atoms with van der Waals surface area (Å²) in [4.78, 5) is 14.2. The predicted octanol–water partition coefficient (Wildman–Crippen LogP) is 6.54. The Morgan fingerprint density at radius 1 is 0.743 bits per heavy atom. The average molecular weight is 515 g/mol. The molecule has 4 heterocycles. The van der Waals surface area contributed by atoms with Crippen molar-refractivity contribution in [2.75, 3.05) is 0 Å². The first kappa shape index (κ1) is 24.8. The molecule has 0 aliphatic rings. The van der Waals surface area contributed by atoms with Gasteiger partial charge in [-0.1, -0.05) is 26.2 Å². The average Bonchev–Trinajstić information content (AvgIpc) is 3.56. The van der Waals surface area contributed by atoms with E-state index in [2.05, 4.69) is 32.1 Å². The van der Waals surface area contributed by atoms with Crippen LogP contribution in [-0.4, -0.2) is 35.3 Å². The fourth-order valence-corrected chi connectivity index (χ4v) is 4.22. The number of thiophene rings is 1. The molecule has 2 N–H and O–H groups in total. The minimum Gasteiger partial charge on any atom is -0.273 e. The van der Waals surface area contributed by atoms with Crippen molar-refractivity contribution in [3.63, 3.8) is 0 Å². The number of aromatic nitrogens is 7. The van der Waals surface area contributed by atoms with Gasteiger partial charge in [0.1, 0.15) is 22.8 Å². The molecule has 0 aliphatic heterocycles. The largest absolute Gasteiger partial charge is 0.432 e. The van der Waals surface area contributed by atoms with E-state index in [-0.39, 0.29) is 28.9 Å². The Morgan fingerprint density at radius 2 is 1.29 bits per heavy atom. The van der Waals surface area contributed by atoms with E-state index in [1.807, 2.05) is 16.3 Å². The van der Waals surface area contributed by atoms with Gasteiger partial charge >= 0.3 is 12.4 Å². The van der Waals surface area contributed by atoms with Crippen LogP contribution in [0.3, 0.4) is 0 Å². The number of alkyl halides is 6. The maximum atomic E-state index is 13.0. The molecule has 0 atom stereocenters. The van der Waals surface area contributed by atoms with Crippen LogP contribution in [0, 0.1) is 0 Å². The smallest absolute Gasteiger partial charge is 0.273 e. The molecular formula is C21H19F6N7S. The van der Waals surface area contributed by atoms with Gasteiger partial charge in [0.25, 0.3) is 0 Å². The van der Waals surface area contributed by atoms with Crippen LogP contribution in [0.5, 0.6) is 0 Å². The van der Waals surface area contributed by atoms with Gasteiger partial charge in [0.15, 0.2) is 17.5 Å². The first-order valence-electron chi connectivity index (χ1n) is 10.7. The molecule has 0 radical (unpaired) electrons. The number of nitrogens with zero attached hydrogens (tertiary/aromatic N) is 5. The highest BCUT2D eigenvalue weighted by Crippen LogP contribution is 2.33. The highest BCUT2D eigenvalue weighted by atomic mass is 32.1. The number of halogens is 6. The van der Waals surface area contributed by atoms with Gasteiger partial charge in [-0.05, 0) is 37.1 Å². The van der Waals surface area contributed by atoms with Crippen molar-refractivity contribution in [1.82, 2.24) is 35.3 Å². The molecule has 0 aliphatic carbocycles. The third-order valence-electron chi connectivity index (χ3n) is 5.02. The Bertz CT molecular complexity index is 1220. The lowest BCUT2D eigenvalue weighted by molar-refractivity contribution is -0.142. The highest BCUT2D eigenvalue weighted by molar-refractivity contribution is 7.15. The molecule has 0 unspecified atom stereocenters. The van der Waals surface area contributed by atoms with Crippen LogP contribution < -0.4 is 0 Å². The van der Waals surface area contributed by atoms with E-state index in [0.717, 1.165) is 49.1 Å². The van der Waals surface area contributed by atoms with Crippen molar-refractivity contribution in [2.45, 2.75) is 51.4 Å². The van der Waals surface area contributed by atoms with Crippen molar-refractivity contribution in [1.29, 1.82) is 0 Å². The molecule has 4 aromatic rings. The molecule has 186 valence electrons. The molecule has 4 rings (SSSR count). The summed E-state index contributed by atoms with van der Waals surface area (Å²) in [6.45, 7) is 2.12. The van der Waals surface area contributed by atoms with Gasteiger partial charge in [0, 0.05) is 4.88 Å². The summed E-state index contributed by atoms with van der Waals surface area (Å²) in [5, 5.41) is 11.0. The second-order valence-electron chi connectivity index (χ2n) is 7.71. The minimum absolute atomic E-state index is 0.0999. The third-order valence-corrected chi connectivity index (χ3v) is 6.16. The first-order valence-corrected chi connectivity index (χ1v) is 11.5. The van der Waals surface area contributed by atoms with Gasteiger partial charge in [-0.25, -0.2) is 15.0 Å². The van der Waals surface area contributed by atoms with E-state index in [9.17, 15) is 26.3 Å². The Labute approximate surface area is 199 Å². The molecule has 0 bridgehead atoms. The Hall–Kier alpha value is -3.29. The van der Waals surface area contributed by atoms with E-state index < -0.39 is 23.7 Å². The van der Waals surface area contributed by atoms with Gasteiger partial charge in [-0.3, -0.25) is 10.2 Å². The van der Waals surface area contributed by atoms with Crippen molar-refractivity contribution in [3.8, 4) is 33.7 Å². The number of nitrogens with one attached hydrogen (secondary N) is 2. The summed E-state index contributed by atoms with van der Waals surface area (Å²) < 4.78 is 78.2. The lowest BCUT2D eigenvalue weighted by Gasteiger charge is -2.04. The highest BCUT2D eigenvalue weighted by Gasteiger charge is 2.35. The molecule has 0 amide bonds. The normalized spacial score (nSPS) is 12.4. The zero-order valence-corrected chi connectivity index (χ0v) is 19.1. The fourth-order valence-electron chi connectivity index (χ4n) is 3.24. The van der Waals surface area contributed by atoms with E-state index >= 15 is 0 Å². The van der Waals surface area contributed by atoms with Crippen molar-refractivity contribution in [2.24, 2.45) is 0 Å². The van der Waals surface area contributed by atoms with Crippen molar-refractivity contribution >= 4 is 11.3 Å². The molecule has 14 heteroatoms. The van der Waals surface area contributed by atoms with Crippen molar-refractivity contribution < 1.29 is 26.3 Å². The van der Waals surface area contributed by atoms with E-state index in [4.69, 9.17) is 0 Å². The van der Waals surface area contributed by atoms with Crippen LogP contribution in [0.25, 0.3) is 33.7 Å². The topological polar surface area (TPSA) is 96.0 Å². The van der Waals surface area contributed by atoms with Crippen LogP contribution in [-0.2, 0) is 18.8 Å². The number of hydrogen-bond donors (Lipinski definition) is 2. The van der Waals surface area contributed by atoms with E-state index in [1.165, 1.54) is 11.3 Å². The summed E-state index contributed by atoms with van der Waals surface area (Å²) in [5.74, 6) is -0.361. The maximum Gasteiger partial charge on any atom is 0.432 e. The number of unbranched alkanes of at least 4 members (excludes halogenated alkanes) is 3.